The SMILES string of the molecule is CNC1CC(N)CCC1Cc1ccc(-c2ccc(-c3cn[nH]c3)c(Cl)n2)nn1. The third kappa shape index (κ3) is 4.06. The molecule has 0 bridgehead atoms. The molecule has 1 aliphatic carbocycles. The first kappa shape index (κ1) is 19.0. The molecular formula is C20H24ClN7. The highest BCUT2D eigenvalue weighted by Crippen LogP contribution is 2.29. The number of H-pyrrole nitrogens is 1. The van der Waals surface area contributed by atoms with Crippen molar-refractivity contribution in [3.8, 4) is 22.5 Å². The van der Waals surface area contributed by atoms with Gasteiger partial charge in [0.25, 0.3) is 0 Å². The zero-order valence-electron chi connectivity index (χ0n) is 15.8. The van der Waals surface area contributed by atoms with Crippen LogP contribution in [-0.4, -0.2) is 44.5 Å². The van der Waals surface area contributed by atoms with Crippen LogP contribution in [0, 0.1) is 5.92 Å². The van der Waals surface area contributed by atoms with E-state index >= 15 is 0 Å². The molecule has 1 saturated carbocycles. The van der Waals surface area contributed by atoms with Gasteiger partial charge < -0.3 is 11.1 Å². The molecule has 8 heteroatoms. The summed E-state index contributed by atoms with van der Waals surface area (Å²) < 4.78 is 0. The van der Waals surface area contributed by atoms with Crippen LogP contribution in [0.25, 0.3) is 22.5 Å². The largest absolute Gasteiger partial charge is 0.328 e. The van der Waals surface area contributed by atoms with Gasteiger partial charge in [-0.3, -0.25) is 5.10 Å². The van der Waals surface area contributed by atoms with Gasteiger partial charge in [0.15, 0.2) is 0 Å². The van der Waals surface area contributed by atoms with Gasteiger partial charge in [-0.25, -0.2) is 4.98 Å². The molecule has 3 aromatic heterocycles. The van der Waals surface area contributed by atoms with Gasteiger partial charge in [-0.15, -0.1) is 5.10 Å². The summed E-state index contributed by atoms with van der Waals surface area (Å²) >= 11 is 6.36. The van der Waals surface area contributed by atoms with Crippen LogP contribution in [0.5, 0.6) is 0 Å². The number of hydrogen-bond donors (Lipinski definition) is 3. The number of nitrogens with one attached hydrogen (secondary N) is 2. The van der Waals surface area contributed by atoms with Gasteiger partial charge in [-0.2, -0.15) is 10.2 Å². The number of aromatic nitrogens is 5. The fourth-order valence-electron chi connectivity index (χ4n) is 3.93. The number of nitrogens with zero attached hydrogens (tertiary/aromatic N) is 4. The van der Waals surface area contributed by atoms with E-state index in [4.69, 9.17) is 17.3 Å². The molecule has 28 heavy (non-hydrogen) atoms. The van der Waals surface area contributed by atoms with Crippen molar-refractivity contribution in [1.82, 2.24) is 30.7 Å². The second kappa shape index (κ2) is 8.34. The summed E-state index contributed by atoms with van der Waals surface area (Å²) in [7, 11) is 2.01. The molecule has 146 valence electrons. The highest BCUT2D eigenvalue weighted by atomic mass is 35.5. The molecule has 0 spiro atoms. The van der Waals surface area contributed by atoms with Crippen molar-refractivity contribution in [2.75, 3.05) is 7.05 Å². The van der Waals surface area contributed by atoms with E-state index in [1.807, 2.05) is 31.3 Å². The van der Waals surface area contributed by atoms with E-state index in [1.165, 1.54) is 0 Å². The third-order valence-electron chi connectivity index (χ3n) is 5.52. The van der Waals surface area contributed by atoms with Crippen LogP contribution < -0.4 is 11.1 Å². The Morgan fingerprint density at radius 3 is 2.71 bits per heavy atom. The quantitative estimate of drug-likeness (QED) is 0.571. The summed E-state index contributed by atoms with van der Waals surface area (Å²) in [5, 5.41) is 19.4. The number of hydrogen-bond acceptors (Lipinski definition) is 6. The standard InChI is InChI=1S/C20H24ClN7/c1-23-19-9-14(22)3-2-12(19)8-15-4-6-18(28-27-15)17-7-5-16(20(21)26-17)13-10-24-25-11-13/h4-7,10-12,14,19,23H,2-3,8-9,22H2,1H3,(H,24,25). The predicted molar refractivity (Wildman–Crippen MR) is 110 cm³/mol. The first-order valence-corrected chi connectivity index (χ1v) is 9.93. The molecule has 0 amide bonds. The van der Waals surface area contributed by atoms with Crippen LogP contribution in [0.3, 0.4) is 0 Å². The van der Waals surface area contributed by atoms with Crippen molar-refractivity contribution in [2.24, 2.45) is 11.7 Å². The summed E-state index contributed by atoms with van der Waals surface area (Å²) in [6.07, 6.45) is 7.60. The second-order valence-corrected chi connectivity index (χ2v) is 7.72. The maximum Gasteiger partial charge on any atom is 0.137 e. The molecule has 1 aliphatic rings. The van der Waals surface area contributed by atoms with E-state index in [1.54, 1.807) is 12.4 Å². The van der Waals surface area contributed by atoms with Gasteiger partial charge in [-0.1, -0.05) is 11.6 Å². The molecule has 3 unspecified atom stereocenters. The molecule has 1 fully saturated rings. The van der Waals surface area contributed by atoms with Gasteiger partial charge in [0.1, 0.15) is 10.8 Å². The molecule has 3 aromatic rings. The van der Waals surface area contributed by atoms with Crippen molar-refractivity contribution < 1.29 is 0 Å². The Bertz CT molecular complexity index is 911. The molecular weight excluding hydrogens is 374 g/mol. The molecule has 4 rings (SSSR count). The maximum atomic E-state index is 6.36. The van der Waals surface area contributed by atoms with Gasteiger partial charge >= 0.3 is 0 Å². The lowest BCUT2D eigenvalue weighted by Gasteiger charge is -2.34. The zero-order valence-corrected chi connectivity index (χ0v) is 16.5. The summed E-state index contributed by atoms with van der Waals surface area (Å²) in [5.74, 6) is 0.534. The fraction of sp³-hybridized carbons (Fsp3) is 0.400. The molecule has 0 aliphatic heterocycles. The number of aromatic amines is 1. The Morgan fingerprint density at radius 2 is 2.04 bits per heavy atom. The van der Waals surface area contributed by atoms with Crippen molar-refractivity contribution in [3.63, 3.8) is 0 Å². The monoisotopic (exact) mass is 397 g/mol. The average Bonchev–Trinajstić information content (AvgIpc) is 3.24. The van der Waals surface area contributed by atoms with Crippen LogP contribution in [0.1, 0.15) is 25.0 Å². The highest BCUT2D eigenvalue weighted by Gasteiger charge is 2.28. The number of nitrogens with two attached hydrogens (primary N) is 1. The second-order valence-electron chi connectivity index (χ2n) is 7.36. The van der Waals surface area contributed by atoms with E-state index in [0.29, 0.717) is 34.5 Å². The minimum Gasteiger partial charge on any atom is -0.328 e. The zero-order chi connectivity index (χ0) is 19.5. The lowest BCUT2D eigenvalue weighted by molar-refractivity contribution is 0.248. The average molecular weight is 398 g/mol. The lowest BCUT2D eigenvalue weighted by atomic mass is 9.79. The number of halogens is 1. The first-order valence-electron chi connectivity index (χ1n) is 9.55. The lowest BCUT2D eigenvalue weighted by Crippen LogP contribution is -2.44. The molecule has 0 saturated heterocycles. The molecule has 0 aromatic carbocycles. The first-order chi connectivity index (χ1) is 13.6. The van der Waals surface area contributed by atoms with Crippen LogP contribution in [0.2, 0.25) is 5.15 Å². The van der Waals surface area contributed by atoms with Gasteiger partial charge in [0, 0.05) is 29.4 Å². The fourth-order valence-corrected chi connectivity index (χ4v) is 4.19. The third-order valence-corrected chi connectivity index (χ3v) is 5.80. The summed E-state index contributed by atoms with van der Waals surface area (Å²) in [6, 6.07) is 8.54. The minimum atomic E-state index is 0.294. The number of rotatable bonds is 5. The Morgan fingerprint density at radius 1 is 1.18 bits per heavy atom. The van der Waals surface area contributed by atoms with Crippen LogP contribution in [0.15, 0.2) is 36.7 Å². The Kier molecular flexibility index (Phi) is 5.66. The van der Waals surface area contributed by atoms with Crippen molar-refractivity contribution in [3.05, 3.63) is 47.5 Å². The minimum absolute atomic E-state index is 0.294. The molecule has 3 heterocycles. The predicted octanol–water partition coefficient (Wildman–Crippen LogP) is 2.84. The summed E-state index contributed by atoms with van der Waals surface area (Å²) in [4.78, 5) is 4.48. The van der Waals surface area contributed by atoms with Crippen molar-refractivity contribution in [2.45, 2.75) is 37.8 Å². The summed E-state index contributed by atoms with van der Waals surface area (Å²) in [6.45, 7) is 0. The van der Waals surface area contributed by atoms with Crippen LogP contribution >= 0.6 is 11.6 Å². The van der Waals surface area contributed by atoms with Gasteiger partial charge in [0.05, 0.1) is 17.6 Å². The number of pyridine rings is 1. The normalized spacial score (nSPS) is 22.3. The van der Waals surface area contributed by atoms with E-state index in [2.05, 4.69) is 30.7 Å². The van der Waals surface area contributed by atoms with E-state index in [9.17, 15) is 0 Å². The van der Waals surface area contributed by atoms with Crippen molar-refractivity contribution >= 4 is 11.6 Å². The van der Waals surface area contributed by atoms with E-state index < -0.39 is 0 Å². The molecule has 4 N–H and O–H groups in total. The van der Waals surface area contributed by atoms with Gasteiger partial charge in [-0.05, 0) is 62.9 Å². The molecule has 0 radical (unpaired) electrons. The maximum absolute atomic E-state index is 6.36. The van der Waals surface area contributed by atoms with E-state index in [-0.39, 0.29) is 0 Å². The Balaban J connectivity index is 1.48. The topological polar surface area (TPSA) is 105 Å². The molecule has 3 atom stereocenters. The highest BCUT2D eigenvalue weighted by molar-refractivity contribution is 6.32. The smallest absolute Gasteiger partial charge is 0.137 e. The van der Waals surface area contributed by atoms with Gasteiger partial charge in [0.2, 0.25) is 0 Å². The van der Waals surface area contributed by atoms with Crippen molar-refractivity contribution in [1.29, 1.82) is 0 Å². The van der Waals surface area contributed by atoms with E-state index in [0.717, 1.165) is 42.5 Å². The van der Waals surface area contributed by atoms with Crippen LogP contribution in [0.4, 0.5) is 0 Å². The Labute approximate surface area is 169 Å². The summed E-state index contributed by atoms with van der Waals surface area (Å²) in [5.41, 5.74) is 10.2. The molecule has 7 nitrogen and oxygen atoms in total. The Hall–Kier alpha value is -2.35. The van der Waals surface area contributed by atoms with Crippen LogP contribution in [-0.2, 0) is 6.42 Å².